The van der Waals surface area contributed by atoms with E-state index in [1.54, 1.807) is 23.5 Å². The molecule has 2 rings (SSSR count). The van der Waals surface area contributed by atoms with E-state index in [0.717, 1.165) is 22.6 Å². The van der Waals surface area contributed by atoms with Crippen LogP contribution >= 0.6 is 11.3 Å². The van der Waals surface area contributed by atoms with Crippen LogP contribution in [0.2, 0.25) is 0 Å². The minimum atomic E-state index is -3.26. The highest BCUT2D eigenvalue weighted by atomic mass is 32.2. The maximum absolute atomic E-state index is 11.3. The predicted molar refractivity (Wildman–Crippen MR) is 88.5 cm³/mol. The Hall–Kier alpha value is -1.60. The maximum atomic E-state index is 11.3. The van der Waals surface area contributed by atoms with Gasteiger partial charge in [-0.05, 0) is 39.0 Å². The van der Waals surface area contributed by atoms with Gasteiger partial charge in [0.25, 0.3) is 0 Å². The zero-order chi connectivity index (χ0) is 15.6. The molecule has 0 aliphatic rings. The van der Waals surface area contributed by atoms with Crippen LogP contribution < -0.4 is 10.0 Å². The molecule has 1 heterocycles. The Morgan fingerprint density at radius 1 is 1.24 bits per heavy atom. The molecule has 0 aliphatic carbocycles. The molecule has 1 unspecified atom stereocenters. The van der Waals surface area contributed by atoms with Gasteiger partial charge in [-0.1, -0.05) is 6.07 Å². The molecule has 5 nitrogen and oxygen atoms in total. The Kier molecular flexibility index (Phi) is 4.53. The second kappa shape index (κ2) is 6.03. The summed E-state index contributed by atoms with van der Waals surface area (Å²) in [5, 5.41) is 4.42. The first-order valence-corrected chi connectivity index (χ1v) is 9.24. The first-order valence-electron chi connectivity index (χ1n) is 6.53. The van der Waals surface area contributed by atoms with Crippen LogP contribution in [0.5, 0.6) is 0 Å². The Morgan fingerprint density at radius 2 is 1.90 bits per heavy atom. The van der Waals surface area contributed by atoms with E-state index >= 15 is 0 Å². The van der Waals surface area contributed by atoms with Crippen molar-refractivity contribution in [1.82, 2.24) is 4.98 Å². The molecule has 0 aliphatic heterocycles. The van der Waals surface area contributed by atoms with Crippen LogP contribution in [0.1, 0.15) is 28.5 Å². The molecule has 0 saturated heterocycles. The fourth-order valence-corrected chi connectivity index (χ4v) is 3.64. The quantitative estimate of drug-likeness (QED) is 0.885. The normalized spacial score (nSPS) is 13.0. The third-order valence-corrected chi connectivity index (χ3v) is 4.74. The topological polar surface area (TPSA) is 71.1 Å². The lowest BCUT2D eigenvalue weighted by Crippen LogP contribution is -2.10. The second-order valence-electron chi connectivity index (χ2n) is 5.00. The Bertz CT molecular complexity index is 738. The van der Waals surface area contributed by atoms with E-state index in [1.165, 1.54) is 4.88 Å². The highest BCUT2D eigenvalue weighted by molar-refractivity contribution is 7.92. The van der Waals surface area contributed by atoms with Crippen molar-refractivity contribution < 1.29 is 8.42 Å². The summed E-state index contributed by atoms with van der Waals surface area (Å²) in [5.41, 5.74) is 2.44. The zero-order valence-electron chi connectivity index (χ0n) is 12.5. The van der Waals surface area contributed by atoms with Gasteiger partial charge in [-0.15, -0.1) is 11.3 Å². The van der Waals surface area contributed by atoms with Gasteiger partial charge >= 0.3 is 0 Å². The van der Waals surface area contributed by atoms with Gasteiger partial charge in [0.1, 0.15) is 0 Å². The first-order chi connectivity index (χ1) is 9.74. The summed E-state index contributed by atoms with van der Waals surface area (Å²) in [7, 11) is -3.26. The van der Waals surface area contributed by atoms with Crippen molar-refractivity contribution in [2.75, 3.05) is 16.3 Å². The van der Waals surface area contributed by atoms with Crippen LogP contribution in [0.25, 0.3) is 0 Å². The Morgan fingerprint density at radius 3 is 2.48 bits per heavy atom. The fourth-order valence-electron chi connectivity index (χ4n) is 2.15. The summed E-state index contributed by atoms with van der Waals surface area (Å²) in [4.78, 5) is 5.62. The van der Waals surface area contributed by atoms with E-state index in [2.05, 4.69) is 21.9 Å². The average molecular weight is 325 g/mol. The molecule has 0 bridgehead atoms. The van der Waals surface area contributed by atoms with E-state index in [-0.39, 0.29) is 6.04 Å². The number of anilines is 2. The maximum Gasteiger partial charge on any atom is 0.229 e. The first kappa shape index (κ1) is 15.8. The summed E-state index contributed by atoms with van der Waals surface area (Å²) < 4.78 is 25.0. The van der Waals surface area contributed by atoms with Crippen LogP contribution in [0.3, 0.4) is 0 Å². The molecule has 0 spiro atoms. The third kappa shape index (κ3) is 4.44. The minimum Gasteiger partial charge on any atom is -0.378 e. The number of nitrogens with one attached hydrogen (secondary N) is 2. The molecule has 2 aromatic rings. The van der Waals surface area contributed by atoms with Crippen molar-refractivity contribution in [2.24, 2.45) is 0 Å². The number of benzene rings is 1. The van der Waals surface area contributed by atoms with Crippen molar-refractivity contribution in [3.05, 3.63) is 39.8 Å². The summed E-state index contributed by atoms with van der Waals surface area (Å²) in [5.74, 6) is 0. The molecule has 0 amide bonds. The largest absolute Gasteiger partial charge is 0.378 e. The highest BCUT2D eigenvalue weighted by Gasteiger charge is 2.13. The molecular weight excluding hydrogens is 306 g/mol. The van der Waals surface area contributed by atoms with Crippen molar-refractivity contribution in [3.8, 4) is 0 Å². The lowest BCUT2D eigenvalue weighted by Gasteiger charge is -2.15. The molecule has 1 aromatic heterocycles. The summed E-state index contributed by atoms with van der Waals surface area (Å²) in [6, 6.07) is 7.34. The molecular formula is C14H19N3O2S2. The van der Waals surface area contributed by atoms with Gasteiger partial charge in [-0.2, -0.15) is 0 Å². The van der Waals surface area contributed by atoms with E-state index in [4.69, 9.17) is 0 Å². The second-order valence-corrected chi connectivity index (χ2v) is 7.99. The molecule has 21 heavy (non-hydrogen) atoms. The average Bonchev–Trinajstić information content (AvgIpc) is 2.66. The van der Waals surface area contributed by atoms with E-state index in [0.29, 0.717) is 5.69 Å². The number of thiazole rings is 1. The third-order valence-electron chi connectivity index (χ3n) is 2.88. The van der Waals surface area contributed by atoms with Gasteiger partial charge in [-0.25, -0.2) is 13.4 Å². The van der Waals surface area contributed by atoms with Crippen molar-refractivity contribution in [3.63, 3.8) is 0 Å². The molecule has 1 atom stereocenters. The van der Waals surface area contributed by atoms with Crippen LogP contribution in [0, 0.1) is 13.8 Å². The number of nitrogens with zero attached hydrogens (tertiary/aromatic N) is 1. The Balaban J connectivity index is 2.16. The smallest absolute Gasteiger partial charge is 0.229 e. The summed E-state index contributed by atoms with van der Waals surface area (Å²) in [6.07, 6.45) is 1.14. The van der Waals surface area contributed by atoms with Gasteiger partial charge in [0.2, 0.25) is 10.0 Å². The molecule has 1 aromatic carbocycles. The molecule has 0 saturated carbocycles. The van der Waals surface area contributed by atoms with E-state index in [1.807, 2.05) is 26.0 Å². The van der Waals surface area contributed by atoms with Gasteiger partial charge in [0, 0.05) is 10.6 Å². The number of sulfonamides is 1. The van der Waals surface area contributed by atoms with Crippen molar-refractivity contribution in [2.45, 2.75) is 26.8 Å². The fraction of sp³-hybridized carbons (Fsp3) is 0.357. The number of aryl methyl sites for hydroxylation is 2. The van der Waals surface area contributed by atoms with Gasteiger partial charge in [-0.3, -0.25) is 4.72 Å². The minimum absolute atomic E-state index is 0.115. The SMILES string of the molecule is Cc1nc(C)c(C(C)Nc2cccc(NS(C)(=O)=O)c2)s1. The van der Waals surface area contributed by atoms with Crippen molar-refractivity contribution in [1.29, 1.82) is 0 Å². The predicted octanol–water partition coefficient (Wildman–Crippen LogP) is 3.30. The lowest BCUT2D eigenvalue weighted by molar-refractivity contribution is 0.607. The number of rotatable bonds is 5. The standard InChI is InChI=1S/C14H19N3O2S2/c1-9-14(20-11(3)15-9)10(2)16-12-6-5-7-13(8-12)17-21(4,18)19/h5-8,10,16-17H,1-4H3. The number of aromatic nitrogens is 1. The molecule has 7 heteroatoms. The Labute approximate surface area is 129 Å². The lowest BCUT2D eigenvalue weighted by atomic mass is 10.2. The van der Waals surface area contributed by atoms with Crippen LogP contribution in [-0.2, 0) is 10.0 Å². The van der Waals surface area contributed by atoms with Crippen LogP contribution in [0.15, 0.2) is 24.3 Å². The number of hydrogen-bond donors (Lipinski definition) is 2. The van der Waals surface area contributed by atoms with E-state index in [9.17, 15) is 8.42 Å². The molecule has 114 valence electrons. The highest BCUT2D eigenvalue weighted by Crippen LogP contribution is 2.28. The van der Waals surface area contributed by atoms with Crippen molar-refractivity contribution >= 4 is 32.7 Å². The zero-order valence-corrected chi connectivity index (χ0v) is 14.1. The molecule has 0 fully saturated rings. The van der Waals surface area contributed by atoms with Gasteiger partial charge in [0.15, 0.2) is 0 Å². The van der Waals surface area contributed by atoms with Gasteiger partial charge < -0.3 is 5.32 Å². The van der Waals surface area contributed by atoms with Crippen LogP contribution in [-0.4, -0.2) is 19.7 Å². The van der Waals surface area contributed by atoms with Crippen LogP contribution in [0.4, 0.5) is 11.4 Å². The van der Waals surface area contributed by atoms with E-state index < -0.39 is 10.0 Å². The summed E-state index contributed by atoms with van der Waals surface area (Å²) in [6.45, 7) is 6.06. The van der Waals surface area contributed by atoms with Gasteiger partial charge in [0.05, 0.1) is 28.7 Å². The molecule has 0 radical (unpaired) electrons. The number of hydrogen-bond acceptors (Lipinski definition) is 5. The monoisotopic (exact) mass is 325 g/mol. The molecule has 2 N–H and O–H groups in total. The summed E-state index contributed by atoms with van der Waals surface area (Å²) >= 11 is 1.67.